The van der Waals surface area contributed by atoms with Crippen molar-refractivity contribution in [2.45, 2.75) is 45.6 Å². The Morgan fingerprint density at radius 3 is 2.40 bits per heavy atom. The lowest BCUT2D eigenvalue weighted by Crippen LogP contribution is -2.57. The van der Waals surface area contributed by atoms with E-state index in [1.165, 1.54) is 5.56 Å². The van der Waals surface area contributed by atoms with Gasteiger partial charge in [0.2, 0.25) is 5.91 Å². The highest BCUT2D eigenvalue weighted by molar-refractivity contribution is 5.84. The maximum atomic E-state index is 11.6. The van der Waals surface area contributed by atoms with Crippen LogP contribution in [-0.4, -0.2) is 24.6 Å². The molecule has 1 atom stereocenters. The Morgan fingerprint density at radius 2 is 1.90 bits per heavy atom. The fourth-order valence-corrected chi connectivity index (χ4v) is 1.88. The predicted octanol–water partition coefficient (Wildman–Crippen LogP) is 2.26. The molecule has 0 aromatic heterocycles. The van der Waals surface area contributed by atoms with Crippen LogP contribution in [-0.2, 0) is 11.2 Å². The zero-order valence-electron chi connectivity index (χ0n) is 12.7. The fourth-order valence-electron chi connectivity index (χ4n) is 1.88. The first-order chi connectivity index (χ1) is 9.51. The van der Waals surface area contributed by atoms with Crippen molar-refractivity contribution in [3.8, 4) is 5.75 Å². The van der Waals surface area contributed by atoms with Crippen molar-refractivity contribution in [2.75, 3.05) is 13.2 Å². The van der Waals surface area contributed by atoms with Crippen LogP contribution in [0.1, 0.15) is 39.2 Å². The van der Waals surface area contributed by atoms with Gasteiger partial charge in [0.15, 0.2) is 0 Å². The van der Waals surface area contributed by atoms with Gasteiger partial charge < -0.3 is 15.8 Å². The molecule has 1 aromatic rings. The summed E-state index contributed by atoms with van der Waals surface area (Å²) in [6, 6.07) is 7.98. The van der Waals surface area contributed by atoms with Crippen LogP contribution in [0.2, 0.25) is 0 Å². The minimum Gasteiger partial charge on any atom is -0.491 e. The van der Waals surface area contributed by atoms with Crippen LogP contribution in [0.3, 0.4) is 0 Å². The molecule has 1 amide bonds. The summed E-state index contributed by atoms with van der Waals surface area (Å²) < 4.78 is 5.70. The molecule has 0 heterocycles. The molecule has 0 saturated carbocycles. The van der Waals surface area contributed by atoms with E-state index >= 15 is 0 Å². The number of primary amides is 1. The van der Waals surface area contributed by atoms with Gasteiger partial charge in [-0.05, 0) is 44.0 Å². The summed E-state index contributed by atoms with van der Waals surface area (Å²) in [5, 5.41) is 3.15. The van der Waals surface area contributed by atoms with Gasteiger partial charge in [0.05, 0.1) is 0 Å². The largest absolute Gasteiger partial charge is 0.491 e. The highest BCUT2D eigenvalue weighted by Gasteiger charge is 2.31. The third kappa shape index (κ3) is 4.85. The maximum Gasteiger partial charge on any atom is 0.240 e. The molecular formula is C16H26N2O2. The lowest BCUT2D eigenvalue weighted by atomic mass is 10.0. The van der Waals surface area contributed by atoms with Gasteiger partial charge in [-0.2, -0.15) is 0 Å². The second kappa shape index (κ2) is 7.90. The van der Waals surface area contributed by atoms with Crippen molar-refractivity contribution >= 4 is 5.91 Å². The van der Waals surface area contributed by atoms with E-state index in [4.69, 9.17) is 10.5 Å². The molecule has 0 bridgehead atoms. The number of amides is 1. The molecule has 112 valence electrons. The van der Waals surface area contributed by atoms with Crippen molar-refractivity contribution in [3.05, 3.63) is 29.8 Å². The predicted molar refractivity (Wildman–Crippen MR) is 81.8 cm³/mol. The van der Waals surface area contributed by atoms with E-state index in [1.54, 1.807) is 6.92 Å². The Hall–Kier alpha value is -1.55. The fraction of sp³-hybridized carbons (Fsp3) is 0.562. The molecule has 1 rings (SSSR count). The van der Waals surface area contributed by atoms with Gasteiger partial charge in [-0.3, -0.25) is 4.79 Å². The number of aryl methyl sites for hydroxylation is 1. The number of hydrogen-bond acceptors (Lipinski definition) is 3. The summed E-state index contributed by atoms with van der Waals surface area (Å²) in [6.45, 7) is 6.94. The molecule has 0 spiro atoms. The third-order valence-electron chi connectivity index (χ3n) is 3.30. The summed E-state index contributed by atoms with van der Waals surface area (Å²) in [4.78, 5) is 11.6. The number of nitrogens with one attached hydrogen (secondary N) is 1. The second-order valence-corrected chi connectivity index (χ2v) is 5.31. The first-order valence-electron chi connectivity index (χ1n) is 7.28. The minimum atomic E-state index is -0.835. The number of ether oxygens (including phenoxy) is 1. The van der Waals surface area contributed by atoms with Gasteiger partial charge in [0.25, 0.3) is 0 Å². The van der Waals surface area contributed by atoms with Crippen molar-refractivity contribution in [1.29, 1.82) is 0 Å². The second-order valence-electron chi connectivity index (χ2n) is 5.31. The van der Waals surface area contributed by atoms with Crippen LogP contribution >= 0.6 is 0 Å². The maximum absolute atomic E-state index is 11.6. The molecule has 0 aliphatic heterocycles. The van der Waals surface area contributed by atoms with E-state index in [0.29, 0.717) is 0 Å². The number of nitrogens with two attached hydrogens (primary N) is 1. The number of hydrogen-bond donors (Lipinski definition) is 2. The zero-order valence-corrected chi connectivity index (χ0v) is 12.7. The smallest absolute Gasteiger partial charge is 0.240 e. The van der Waals surface area contributed by atoms with Crippen molar-refractivity contribution in [2.24, 2.45) is 5.73 Å². The van der Waals surface area contributed by atoms with Crippen LogP contribution in [0.5, 0.6) is 5.75 Å². The van der Waals surface area contributed by atoms with Gasteiger partial charge in [-0.1, -0.05) is 32.4 Å². The zero-order chi connectivity index (χ0) is 15.0. The average Bonchev–Trinajstić information content (AvgIpc) is 2.44. The molecule has 3 N–H and O–H groups in total. The summed E-state index contributed by atoms with van der Waals surface area (Å²) in [7, 11) is 0. The Kier molecular flexibility index (Phi) is 6.52. The molecule has 1 unspecified atom stereocenters. The molecule has 0 radical (unpaired) electrons. The highest BCUT2D eigenvalue weighted by atomic mass is 16.5. The van der Waals surface area contributed by atoms with Gasteiger partial charge >= 0.3 is 0 Å². The third-order valence-corrected chi connectivity index (χ3v) is 3.30. The first kappa shape index (κ1) is 16.5. The molecule has 0 aliphatic rings. The van der Waals surface area contributed by atoms with E-state index < -0.39 is 11.4 Å². The lowest BCUT2D eigenvalue weighted by molar-refractivity contribution is -0.125. The van der Waals surface area contributed by atoms with Crippen LogP contribution < -0.4 is 15.8 Å². The van der Waals surface area contributed by atoms with Crippen molar-refractivity contribution in [1.82, 2.24) is 5.32 Å². The Balaban J connectivity index is 2.60. The van der Waals surface area contributed by atoms with Gasteiger partial charge in [0, 0.05) is 0 Å². The van der Waals surface area contributed by atoms with Crippen LogP contribution in [0.15, 0.2) is 24.3 Å². The van der Waals surface area contributed by atoms with E-state index in [-0.39, 0.29) is 6.61 Å². The first-order valence-corrected chi connectivity index (χ1v) is 7.28. The van der Waals surface area contributed by atoms with E-state index in [0.717, 1.165) is 31.6 Å². The van der Waals surface area contributed by atoms with E-state index in [9.17, 15) is 4.79 Å². The van der Waals surface area contributed by atoms with Crippen molar-refractivity contribution in [3.63, 3.8) is 0 Å². The molecule has 0 fully saturated rings. The topological polar surface area (TPSA) is 64.3 Å². The van der Waals surface area contributed by atoms with Gasteiger partial charge in [0.1, 0.15) is 17.9 Å². The van der Waals surface area contributed by atoms with Gasteiger partial charge in [-0.15, -0.1) is 0 Å². The van der Waals surface area contributed by atoms with Crippen molar-refractivity contribution < 1.29 is 9.53 Å². The molecule has 20 heavy (non-hydrogen) atoms. The van der Waals surface area contributed by atoms with Crippen LogP contribution in [0.4, 0.5) is 0 Å². The average molecular weight is 278 g/mol. The summed E-state index contributed by atoms with van der Waals surface area (Å²) in [5.74, 6) is 0.365. The summed E-state index contributed by atoms with van der Waals surface area (Å²) >= 11 is 0. The highest BCUT2D eigenvalue weighted by Crippen LogP contribution is 2.15. The standard InChI is InChI=1S/C16H26N2O2/c1-4-6-13-7-9-14(10-8-13)20-12-16(3,15(17)19)18-11-5-2/h7-10,18H,4-6,11-12H2,1-3H3,(H2,17,19). The SMILES string of the molecule is CCCNC(C)(COc1ccc(CCC)cc1)C(N)=O. The van der Waals surface area contributed by atoms with Crippen LogP contribution in [0, 0.1) is 0 Å². The van der Waals surface area contributed by atoms with Crippen LogP contribution in [0.25, 0.3) is 0 Å². The number of carbonyl (C=O) groups is 1. The Morgan fingerprint density at radius 1 is 1.25 bits per heavy atom. The Bertz CT molecular complexity index is 417. The summed E-state index contributed by atoms with van der Waals surface area (Å²) in [5.41, 5.74) is 5.92. The monoisotopic (exact) mass is 278 g/mol. The molecule has 1 aromatic carbocycles. The molecule has 4 nitrogen and oxygen atoms in total. The minimum absolute atomic E-state index is 0.232. The van der Waals surface area contributed by atoms with Gasteiger partial charge in [-0.25, -0.2) is 0 Å². The number of rotatable bonds is 9. The molecule has 0 aliphatic carbocycles. The molecule has 0 saturated heterocycles. The molecule has 4 heteroatoms. The normalized spacial score (nSPS) is 13.8. The number of carbonyl (C=O) groups excluding carboxylic acids is 1. The van der Waals surface area contributed by atoms with E-state index in [2.05, 4.69) is 24.4 Å². The Labute approximate surface area is 121 Å². The van der Waals surface area contributed by atoms with E-state index in [1.807, 2.05) is 19.1 Å². The molecular weight excluding hydrogens is 252 g/mol. The summed E-state index contributed by atoms with van der Waals surface area (Å²) in [6.07, 6.45) is 3.13. The lowest BCUT2D eigenvalue weighted by Gasteiger charge is -2.27. The number of benzene rings is 1. The quantitative estimate of drug-likeness (QED) is 0.728.